The van der Waals surface area contributed by atoms with Gasteiger partial charge in [-0.25, -0.2) is 9.97 Å². The maximum absolute atomic E-state index is 9.17. The highest BCUT2D eigenvalue weighted by Crippen LogP contribution is 2.24. The van der Waals surface area contributed by atoms with Crippen molar-refractivity contribution in [2.75, 3.05) is 11.6 Å². The Morgan fingerprint density at radius 3 is 2.56 bits per heavy atom. The molecule has 0 atom stereocenters. The van der Waals surface area contributed by atoms with Gasteiger partial charge in [-0.15, -0.1) is 11.8 Å². The standard InChI is InChI=1S/C13H12N4S/c1-9-3-5-10(6-4-9)17-12-11(7-14)13(18-2)16-8-15-12/h3-6,8H,1-2H3,(H,15,16,17). The summed E-state index contributed by atoms with van der Waals surface area (Å²) in [6.45, 7) is 2.03. The molecule has 1 N–H and O–H groups in total. The van der Waals surface area contributed by atoms with E-state index >= 15 is 0 Å². The molecule has 18 heavy (non-hydrogen) atoms. The molecule has 0 amide bonds. The molecule has 2 aromatic rings. The van der Waals surface area contributed by atoms with Crippen LogP contribution in [0.1, 0.15) is 11.1 Å². The third-order valence-electron chi connectivity index (χ3n) is 2.43. The molecule has 4 nitrogen and oxygen atoms in total. The lowest BCUT2D eigenvalue weighted by molar-refractivity contribution is 1.03. The summed E-state index contributed by atoms with van der Waals surface area (Å²) in [7, 11) is 0. The third kappa shape index (κ3) is 2.60. The molecular formula is C13H12N4S. The Labute approximate surface area is 110 Å². The van der Waals surface area contributed by atoms with Gasteiger partial charge in [-0.3, -0.25) is 0 Å². The SMILES string of the molecule is CSc1ncnc(Nc2ccc(C)cc2)c1C#N. The number of anilines is 2. The average molecular weight is 256 g/mol. The van der Waals surface area contributed by atoms with Crippen LogP contribution < -0.4 is 5.32 Å². The van der Waals surface area contributed by atoms with Gasteiger partial charge in [0, 0.05) is 5.69 Å². The highest BCUT2D eigenvalue weighted by molar-refractivity contribution is 7.98. The average Bonchev–Trinajstić information content (AvgIpc) is 2.41. The predicted molar refractivity (Wildman–Crippen MR) is 73.0 cm³/mol. The van der Waals surface area contributed by atoms with Crippen LogP contribution in [0.4, 0.5) is 11.5 Å². The first kappa shape index (κ1) is 12.4. The molecule has 1 aromatic carbocycles. The van der Waals surface area contributed by atoms with Crippen molar-refractivity contribution >= 4 is 23.3 Å². The molecule has 1 aromatic heterocycles. The van der Waals surface area contributed by atoms with Crippen LogP contribution in [0.5, 0.6) is 0 Å². The van der Waals surface area contributed by atoms with Crippen molar-refractivity contribution in [1.29, 1.82) is 5.26 Å². The molecule has 0 bridgehead atoms. The molecule has 0 aliphatic heterocycles. The number of hydrogen-bond acceptors (Lipinski definition) is 5. The number of benzene rings is 1. The zero-order valence-corrected chi connectivity index (χ0v) is 11.0. The lowest BCUT2D eigenvalue weighted by atomic mass is 10.2. The highest BCUT2D eigenvalue weighted by atomic mass is 32.2. The normalized spacial score (nSPS) is 9.83. The minimum atomic E-state index is 0.477. The number of aromatic nitrogens is 2. The van der Waals surface area contributed by atoms with Gasteiger partial charge in [0.15, 0.2) is 5.82 Å². The van der Waals surface area contributed by atoms with Gasteiger partial charge < -0.3 is 5.32 Å². The number of nitriles is 1. The van der Waals surface area contributed by atoms with Crippen LogP contribution in [0, 0.1) is 18.3 Å². The lowest BCUT2D eigenvalue weighted by Crippen LogP contribution is -1.99. The van der Waals surface area contributed by atoms with E-state index in [9.17, 15) is 0 Å². The van der Waals surface area contributed by atoms with Crippen LogP contribution in [0.2, 0.25) is 0 Å². The third-order valence-corrected chi connectivity index (χ3v) is 3.13. The molecule has 0 unspecified atom stereocenters. The first-order valence-electron chi connectivity index (χ1n) is 5.37. The Kier molecular flexibility index (Phi) is 3.80. The monoisotopic (exact) mass is 256 g/mol. The Hall–Kier alpha value is -2.06. The number of aryl methyl sites for hydroxylation is 1. The van der Waals surface area contributed by atoms with Crippen molar-refractivity contribution in [1.82, 2.24) is 9.97 Å². The van der Waals surface area contributed by atoms with Gasteiger partial charge in [0.2, 0.25) is 0 Å². The number of nitrogens with zero attached hydrogens (tertiary/aromatic N) is 3. The second kappa shape index (κ2) is 5.52. The second-order valence-electron chi connectivity index (χ2n) is 3.71. The summed E-state index contributed by atoms with van der Waals surface area (Å²) in [6.07, 6.45) is 3.35. The van der Waals surface area contributed by atoms with E-state index in [2.05, 4.69) is 21.4 Å². The molecule has 2 rings (SSSR count). The van der Waals surface area contributed by atoms with Gasteiger partial charge in [0.05, 0.1) is 0 Å². The summed E-state index contributed by atoms with van der Waals surface area (Å²) in [6, 6.07) is 10.1. The van der Waals surface area contributed by atoms with Gasteiger partial charge >= 0.3 is 0 Å². The summed E-state index contributed by atoms with van der Waals surface area (Å²) in [5.74, 6) is 0.542. The zero-order valence-electron chi connectivity index (χ0n) is 10.1. The first-order valence-corrected chi connectivity index (χ1v) is 6.60. The van der Waals surface area contributed by atoms with Crippen LogP contribution in [0.25, 0.3) is 0 Å². The van der Waals surface area contributed by atoms with Crippen molar-refractivity contribution in [2.45, 2.75) is 11.9 Å². The van der Waals surface area contributed by atoms with Crippen molar-refractivity contribution in [3.8, 4) is 6.07 Å². The molecule has 0 fully saturated rings. The lowest BCUT2D eigenvalue weighted by Gasteiger charge is -2.08. The fourth-order valence-electron chi connectivity index (χ4n) is 1.49. The summed E-state index contributed by atoms with van der Waals surface area (Å²) >= 11 is 1.43. The smallest absolute Gasteiger partial charge is 0.152 e. The molecule has 0 radical (unpaired) electrons. The molecular weight excluding hydrogens is 244 g/mol. The Morgan fingerprint density at radius 1 is 1.22 bits per heavy atom. The van der Waals surface area contributed by atoms with Crippen molar-refractivity contribution in [3.05, 3.63) is 41.7 Å². The zero-order chi connectivity index (χ0) is 13.0. The van der Waals surface area contributed by atoms with E-state index in [1.54, 1.807) is 0 Å². The molecule has 0 aliphatic rings. The Morgan fingerprint density at radius 2 is 1.94 bits per heavy atom. The van der Waals surface area contributed by atoms with Crippen LogP contribution >= 0.6 is 11.8 Å². The maximum Gasteiger partial charge on any atom is 0.152 e. The van der Waals surface area contributed by atoms with Gasteiger partial charge in [0.1, 0.15) is 23.0 Å². The van der Waals surface area contributed by atoms with E-state index in [0.29, 0.717) is 16.4 Å². The summed E-state index contributed by atoms with van der Waals surface area (Å²) in [5.41, 5.74) is 2.57. The molecule has 0 aliphatic carbocycles. The van der Waals surface area contributed by atoms with Gasteiger partial charge in [-0.2, -0.15) is 5.26 Å². The first-order chi connectivity index (χ1) is 8.74. The van der Waals surface area contributed by atoms with E-state index in [-0.39, 0.29) is 0 Å². The van der Waals surface area contributed by atoms with Gasteiger partial charge in [0.25, 0.3) is 0 Å². The number of hydrogen-bond donors (Lipinski definition) is 1. The molecule has 5 heteroatoms. The van der Waals surface area contributed by atoms with Crippen LogP contribution in [-0.2, 0) is 0 Å². The highest BCUT2D eigenvalue weighted by Gasteiger charge is 2.10. The summed E-state index contributed by atoms with van der Waals surface area (Å²) < 4.78 is 0. The maximum atomic E-state index is 9.17. The van der Waals surface area contributed by atoms with E-state index in [1.807, 2.05) is 37.4 Å². The Bertz CT molecular complexity index is 587. The Balaban J connectivity index is 2.35. The summed E-state index contributed by atoms with van der Waals surface area (Å²) in [4.78, 5) is 8.19. The summed E-state index contributed by atoms with van der Waals surface area (Å²) in [5, 5.41) is 13.0. The second-order valence-corrected chi connectivity index (χ2v) is 4.50. The fraction of sp³-hybridized carbons (Fsp3) is 0.154. The number of thioether (sulfide) groups is 1. The van der Waals surface area contributed by atoms with Gasteiger partial charge in [-0.05, 0) is 25.3 Å². The van der Waals surface area contributed by atoms with Crippen LogP contribution in [0.3, 0.4) is 0 Å². The molecule has 90 valence electrons. The molecule has 0 saturated heterocycles. The van der Waals surface area contributed by atoms with Gasteiger partial charge in [-0.1, -0.05) is 17.7 Å². The van der Waals surface area contributed by atoms with Crippen molar-refractivity contribution in [2.24, 2.45) is 0 Å². The minimum absolute atomic E-state index is 0.477. The number of rotatable bonds is 3. The van der Waals surface area contributed by atoms with E-state index in [0.717, 1.165) is 5.69 Å². The molecule has 0 spiro atoms. The predicted octanol–water partition coefficient (Wildman–Crippen LogP) is 3.12. The van der Waals surface area contributed by atoms with E-state index in [4.69, 9.17) is 5.26 Å². The largest absolute Gasteiger partial charge is 0.339 e. The molecule has 0 saturated carbocycles. The van der Waals surface area contributed by atoms with E-state index in [1.165, 1.54) is 23.7 Å². The molecule has 1 heterocycles. The van der Waals surface area contributed by atoms with Crippen molar-refractivity contribution in [3.63, 3.8) is 0 Å². The van der Waals surface area contributed by atoms with Crippen molar-refractivity contribution < 1.29 is 0 Å². The number of nitrogens with one attached hydrogen (secondary N) is 1. The van der Waals surface area contributed by atoms with Crippen LogP contribution in [-0.4, -0.2) is 16.2 Å². The fourth-order valence-corrected chi connectivity index (χ4v) is 1.99. The quantitative estimate of drug-likeness (QED) is 0.675. The van der Waals surface area contributed by atoms with E-state index < -0.39 is 0 Å². The van der Waals surface area contributed by atoms with Crippen LogP contribution in [0.15, 0.2) is 35.6 Å². The minimum Gasteiger partial charge on any atom is -0.339 e. The topological polar surface area (TPSA) is 61.6 Å².